The third kappa shape index (κ3) is 5.87. The molecule has 1 heterocycles. The van der Waals surface area contributed by atoms with Crippen LogP contribution in [0, 0.1) is 20.8 Å². The highest BCUT2D eigenvalue weighted by molar-refractivity contribution is 7.93. The molecular weight excluding hydrogens is 518 g/mol. The number of aryl methyl sites for hydroxylation is 3. The number of nitrogens with zero attached hydrogens (tertiary/aromatic N) is 1. The van der Waals surface area contributed by atoms with Crippen LogP contribution in [0.2, 0.25) is 0 Å². The van der Waals surface area contributed by atoms with Gasteiger partial charge in [-0.1, -0.05) is 22.9 Å². The molecule has 0 spiro atoms. The van der Waals surface area contributed by atoms with E-state index in [1.165, 1.54) is 44.2 Å². The number of aromatic nitrogens is 1. The Labute approximate surface area is 215 Å². The first kappa shape index (κ1) is 26.0. The lowest BCUT2D eigenvalue weighted by atomic mass is 10.2. The normalized spacial score (nSPS) is 11.7. The van der Waals surface area contributed by atoms with Crippen molar-refractivity contribution >= 4 is 31.4 Å². The molecule has 0 saturated carbocycles. The van der Waals surface area contributed by atoms with Gasteiger partial charge >= 0.3 is 0 Å². The molecule has 10 nitrogen and oxygen atoms in total. The van der Waals surface area contributed by atoms with Crippen LogP contribution in [0.25, 0.3) is 0 Å². The van der Waals surface area contributed by atoms with E-state index in [1.54, 1.807) is 43.5 Å². The zero-order valence-electron chi connectivity index (χ0n) is 20.5. The summed E-state index contributed by atoms with van der Waals surface area (Å²) < 4.78 is 73.4. The number of rotatable bonds is 9. The van der Waals surface area contributed by atoms with Crippen LogP contribution in [-0.2, 0) is 20.0 Å². The van der Waals surface area contributed by atoms with Gasteiger partial charge in [-0.3, -0.25) is 9.44 Å². The summed E-state index contributed by atoms with van der Waals surface area (Å²) in [5.74, 6) is 1.48. The Balaban J connectivity index is 1.73. The largest absolute Gasteiger partial charge is 0.497 e. The number of benzene rings is 3. The van der Waals surface area contributed by atoms with E-state index in [2.05, 4.69) is 14.6 Å². The number of methoxy groups -OCH3 is 1. The van der Waals surface area contributed by atoms with Crippen molar-refractivity contribution in [1.29, 1.82) is 0 Å². The Bertz CT molecular complexity index is 1610. The molecule has 1 aromatic heterocycles. The highest BCUT2D eigenvalue weighted by atomic mass is 32.2. The van der Waals surface area contributed by atoms with Crippen molar-refractivity contribution in [2.24, 2.45) is 0 Å². The monoisotopic (exact) mass is 543 g/mol. The van der Waals surface area contributed by atoms with Crippen LogP contribution in [0.4, 0.5) is 11.4 Å². The van der Waals surface area contributed by atoms with Gasteiger partial charge in [0.2, 0.25) is 0 Å². The van der Waals surface area contributed by atoms with Gasteiger partial charge in [-0.15, -0.1) is 0 Å². The van der Waals surface area contributed by atoms with E-state index in [4.69, 9.17) is 14.0 Å². The average molecular weight is 544 g/mol. The van der Waals surface area contributed by atoms with Gasteiger partial charge in [0, 0.05) is 6.07 Å². The predicted molar refractivity (Wildman–Crippen MR) is 138 cm³/mol. The second kappa shape index (κ2) is 10.1. The number of nitrogens with one attached hydrogen (secondary N) is 2. The minimum absolute atomic E-state index is 0.0131. The van der Waals surface area contributed by atoms with E-state index in [0.29, 0.717) is 11.5 Å². The summed E-state index contributed by atoms with van der Waals surface area (Å²) in [5, 5.41) is 3.69. The van der Waals surface area contributed by atoms with Crippen molar-refractivity contribution < 1.29 is 30.8 Å². The molecule has 0 unspecified atom stereocenters. The maximum absolute atomic E-state index is 13.1. The average Bonchev–Trinajstić information content (AvgIpc) is 3.20. The topological polar surface area (TPSA) is 137 Å². The lowest BCUT2D eigenvalue weighted by molar-refractivity contribution is 0.390. The molecule has 194 valence electrons. The van der Waals surface area contributed by atoms with E-state index in [-0.39, 0.29) is 38.4 Å². The van der Waals surface area contributed by atoms with Gasteiger partial charge in [-0.05, 0) is 69.3 Å². The predicted octanol–water partition coefficient (Wildman–Crippen LogP) is 5.00. The Hall–Kier alpha value is -4.03. The van der Waals surface area contributed by atoms with Gasteiger partial charge in [-0.2, -0.15) is 0 Å². The molecule has 0 bridgehead atoms. The summed E-state index contributed by atoms with van der Waals surface area (Å²) in [6.45, 7) is 4.81. The number of hydrogen-bond acceptors (Lipinski definition) is 8. The summed E-state index contributed by atoms with van der Waals surface area (Å²) in [4.78, 5) is -0.113. The molecule has 0 fully saturated rings. The van der Waals surface area contributed by atoms with E-state index in [1.807, 2.05) is 6.92 Å². The first-order chi connectivity index (χ1) is 17.5. The van der Waals surface area contributed by atoms with Gasteiger partial charge in [-0.25, -0.2) is 16.8 Å². The summed E-state index contributed by atoms with van der Waals surface area (Å²) in [6, 6.07) is 17.3. The summed E-state index contributed by atoms with van der Waals surface area (Å²) in [6.07, 6.45) is 0. The van der Waals surface area contributed by atoms with Crippen LogP contribution in [0.3, 0.4) is 0 Å². The molecule has 0 radical (unpaired) electrons. The molecule has 37 heavy (non-hydrogen) atoms. The number of anilines is 2. The van der Waals surface area contributed by atoms with Crippen LogP contribution in [0.15, 0.2) is 81.0 Å². The van der Waals surface area contributed by atoms with Crippen molar-refractivity contribution in [3.63, 3.8) is 0 Å². The Morgan fingerprint density at radius 1 is 0.730 bits per heavy atom. The zero-order valence-corrected chi connectivity index (χ0v) is 22.1. The molecule has 2 N–H and O–H groups in total. The van der Waals surface area contributed by atoms with Crippen molar-refractivity contribution in [2.45, 2.75) is 30.6 Å². The molecule has 0 aliphatic carbocycles. The molecule has 0 aliphatic rings. The van der Waals surface area contributed by atoms with E-state index < -0.39 is 20.0 Å². The highest BCUT2D eigenvalue weighted by Crippen LogP contribution is 2.34. The second-order valence-corrected chi connectivity index (χ2v) is 11.5. The van der Waals surface area contributed by atoms with Crippen LogP contribution >= 0.6 is 0 Å². The van der Waals surface area contributed by atoms with E-state index in [9.17, 15) is 16.8 Å². The second-order valence-electron chi connectivity index (χ2n) is 8.16. The summed E-state index contributed by atoms with van der Waals surface area (Å²) in [5.41, 5.74) is 1.01. The zero-order chi connectivity index (χ0) is 26.8. The SMILES string of the molecule is COc1ccc(Oc2ccc(NS(=O)(=O)c3c(C)noc3C)c(NS(=O)(=O)c3ccc(C)cc3)c2)cc1. The number of hydrogen-bond donors (Lipinski definition) is 2. The van der Waals surface area contributed by atoms with Crippen LogP contribution in [0.5, 0.6) is 17.2 Å². The minimum atomic E-state index is -4.15. The molecule has 0 aliphatic heterocycles. The van der Waals surface area contributed by atoms with Crippen molar-refractivity contribution in [3.05, 3.63) is 83.7 Å². The molecule has 3 aromatic carbocycles. The third-order valence-corrected chi connectivity index (χ3v) is 8.33. The van der Waals surface area contributed by atoms with Gasteiger partial charge in [0.05, 0.1) is 23.4 Å². The van der Waals surface area contributed by atoms with Gasteiger partial charge in [0.25, 0.3) is 20.0 Å². The highest BCUT2D eigenvalue weighted by Gasteiger charge is 2.26. The van der Waals surface area contributed by atoms with Crippen molar-refractivity contribution in [3.8, 4) is 17.2 Å². The lowest BCUT2D eigenvalue weighted by Gasteiger charge is -2.16. The smallest absolute Gasteiger partial charge is 0.267 e. The molecule has 4 aromatic rings. The van der Waals surface area contributed by atoms with Crippen molar-refractivity contribution in [2.75, 3.05) is 16.6 Å². The number of ether oxygens (including phenoxy) is 2. The van der Waals surface area contributed by atoms with Crippen LogP contribution in [-0.4, -0.2) is 29.1 Å². The molecule has 4 rings (SSSR count). The molecule has 0 amide bonds. The molecule has 0 saturated heterocycles. The number of sulfonamides is 2. The quantitative estimate of drug-likeness (QED) is 0.301. The van der Waals surface area contributed by atoms with Gasteiger partial charge < -0.3 is 14.0 Å². The fraction of sp³-hybridized carbons (Fsp3) is 0.160. The third-order valence-electron chi connectivity index (χ3n) is 5.34. The van der Waals surface area contributed by atoms with E-state index >= 15 is 0 Å². The fourth-order valence-corrected chi connectivity index (χ4v) is 6.00. The molecule has 0 atom stereocenters. The Kier molecular flexibility index (Phi) is 7.14. The molecular formula is C25H25N3O7S2. The maximum Gasteiger partial charge on any atom is 0.267 e. The fourth-order valence-electron chi connectivity index (χ4n) is 3.52. The molecule has 12 heteroatoms. The minimum Gasteiger partial charge on any atom is -0.497 e. The Morgan fingerprint density at radius 3 is 1.92 bits per heavy atom. The van der Waals surface area contributed by atoms with E-state index in [0.717, 1.165) is 5.56 Å². The Morgan fingerprint density at radius 2 is 1.32 bits per heavy atom. The van der Waals surface area contributed by atoms with Gasteiger partial charge in [0.1, 0.15) is 22.9 Å². The standard InChI is InChI=1S/C25H25N3O7S2/c1-16-5-12-22(13-6-16)36(29,30)28-24-15-21(34-20-9-7-19(33-4)8-10-20)11-14-23(24)27-37(31,32)25-17(2)26-35-18(25)3/h5-15,27-28H,1-4H3. The lowest BCUT2D eigenvalue weighted by Crippen LogP contribution is -2.18. The summed E-state index contributed by atoms with van der Waals surface area (Å²) in [7, 11) is -6.67. The van der Waals surface area contributed by atoms with Crippen molar-refractivity contribution in [1.82, 2.24) is 5.16 Å². The first-order valence-corrected chi connectivity index (χ1v) is 14.0. The van der Waals surface area contributed by atoms with Crippen LogP contribution < -0.4 is 18.9 Å². The first-order valence-electron chi connectivity index (χ1n) is 11.0. The van der Waals surface area contributed by atoms with Crippen LogP contribution in [0.1, 0.15) is 17.0 Å². The van der Waals surface area contributed by atoms with Gasteiger partial charge in [0.15, 0.2) is 10.7 Å². The maximum atomic E-state index is 13.1. The summed E-state index contributed by atoms with van der Waals surface area (Å²) >= 11 is 0.